The molecule has 2 aromatic rings. The third kappa shape index (κ3) is 2.82. The van der Waals surface area contributed by atoms with Crippen LogP contribution in [0.4, 0.5) is 5.69 Å². The number of hydrogen-bond donors (Lipinski definition) is 1. The highest BCUT2D eigenvalue weighted by molar-refractivity contribution is 6.16. The molecule has 1 aliphatic rings. The molecule has 5 nitrogen and oxygen atoms in total. The normalized spacial score (nSPS) is 17.3. The molecule has 1 unspecified atom stereocenters. The van der Waals surface area contributed by atoms with Crippen LogP contribution in [0, 0.1) is 13.8 Å². The number of rotatable bonds is 4. The minimum Gasteiger partial charge on any atom is -0.503 e. The van der Waals surface area contributed by atoms with E-state index < -0.39 is 17.7 Å². The summed E-state index contributed by atoms with van der Waals surface area (Å²) in [7, 11) is 0. The van der Waals surface area contributed by atoms with E-state index in [1.54, 1.807) is 31.5 Å². The summed E-state index contributed by atoms with van der Waals surface area (Å²) in [5.74, 6) is -1.28. The highest BCUT2D eigenvalue weighted by atomic mass is 16.3. The number of aliphatic hydroxyl groups is 1. The lowest BCUT2D eigenvalue weighted by Gasteiger charge is -2.27. The number of ketones is 1. The van der Waals surface area contributed by atoms with Crippen molar-refractivity contribution in [1.29, 1.82) is 0 Å². The monoisotopic (exact) mass is 336 g/mol. The highest BCUT2D eigenvalue weighted by Gasteiger charge is 2.43. The number of carbonyl (C=O) groups excluding carboxylic acids is 2. The fraction of sp³-hybridized carbons (Fsp3) is 0.250. The molecule has 128 valence electrons. The van der Waals surface area contributed by atoms with Crippen LogP contribution in [-0.4, -0.2) is 21.8 Å². The molecular weight excluding hydrogens is 316 g/mol. The van der Waals surface area contributed by atoms with Gasteiger partial charge in [0.15, 0.2) is 11.5 Å². The summed E-state index contributed by atoms with van der Waals surface area (Å²) in [6.07, 6.45) is 3.46. The lowest BCUT2D eigenvalue weighted by molar-refractivity contribution is -0.118. The Balaban J connectivity index is 2.18. The zero-order valence-electron chi connectivity index (χ0n) is 14.5. The summed E-state index contributed by atoms with van der Waals surface area (Å²) in [6, 6.07) is 8.53. The zero-order chi connectivity index (χ0) is 18.1. The first-order valence-electron chi connectivity index (χ1n) is 8.22. The fourth-order valence-corrected chi connectivity index (χ4v) is 3.08. The van der Waals surface area contributed by atoms with Gasteiger partial charge in [0.05, 0.1) is 11.6 Å². The van der Waals surface area contributed by atoms with Gasteiger partial charge in [-0.3, -0.25) is 19.5 Å². The lowest BCUT2D eigenvalue weighted by Crippen LogP contribution is -2.31. The van der Waals surface area contributed by atoms with Crippen molar-refractivity contribution < 1.29 is 14.7 Å². The van der Waals surface area contributed by atoms with E-state index in [0.717, 1.165) is 11.1 Å². The summed E-state index contributed by atoms with van der Waals surface area (Å²) in [5.41, 5.74) is 3.61. The summed E-state index contributed by atoms with van der Waals surface area (Å²) >= 11 is 0. The number of aliphatic hydroxyl groups excluding tert-OH is 1. The second kappa shape index (κ2) is 6.51. The quantitative estimate of drug-likeness (QED) is 0.926. The van der Waals surface area contributed by atoms with E-state index in [0.29, 0.717) is 11.3 Å². The minimum absolute atomic E-state index is 0.138. The first kappa shape index (κ1) is 16.9. The molecule has 0 aliphatic carbocycles. The minimum atomic E-state index is -0.671. The van der Waals surface area contributed by atoms with Gasteiger partial charge in [-0.15, -0.1) is 0 Å². The Morgan fingerprint density at radius 3 is 2.60 bits per heavy atom. The second-order valence-electron chi connectivity index (χ2n) is 6.17. The van der Waals surface area contributed by atoms with Crippen LogP contribution in [0.25, 0.3) is 0 Å². The van der Waals surface area contributed by atoms with Gasteiger partial charge >= 0.3 is 0 Å². The van der Waals surface area contributed by atoms with Crippen molar-refractivity contribution in [2.45, 2.75) is 33.2 Å². The van der Waals surface area contributed by atoms with Gasteiger partial charge in [0.2, 0.25) is 0 Å². The lowest BCUT2D eigenvalue weighted by atomic mass is 9.96. The van der Waals surface area contributed by atoms with Crippen molar-refractivity contribution in [2.75, 3.05) is 4.90 Å². The molecule has 1 atom stereocenters. The molecule has 3 rings (SSSR count). The summed E-state index contributed by atoms with van der Waals surface area (Å²) in [6.45, 7) is 5.67. The van der Waals surface area contributed by atoms with Crippen molar-refractivity contribution in [3.8, 4) is 0 Å². The molecule has 0 fully saturated rings. The number of Topliss-reactive ketones (excluding diaryl/α,β-unsaturated/α-hetero) is 1. The fourth-order valence-electron chi connectivity index (χ4n) is 3.08. The average Bonchev–Trinajstić information content (AvgIpc) is 2.89. The Bertz CT molecular complexity index is 872. The van der Waals surface area contributed by atoms with Gasteiger partial charge in [0.25, 0.3) is 5.91 Å². The second-order valence-corrected chi connectivity index (χ2v) is 6.17. The third-order valence-corrected chi connectivity index (χ3v) is 4.60. The number of nitrogens with zero attached hydrogens (tertiary/aromatic N) is 2. The molecule has 0 saturated heterocycles. The first-order valence-corrected chi connectivity index (χ1v) is 8.22. The van der Waals surface area contributed by atoms with Gasteiger partial charge in [0, 0.05) is 24.5 Å². The van der Waals surface area contributed by atoms with E-state index in [1.807, 2.05) is 32.0 Å². The van der Waals surface area contributed by atoms with Crippen LogP contribution < -0.4 is 4.90 Å². The summed E-state index contributed by atoms with van der Waals surface area (Å²) < 4.78 is 0. The average molecular weight is 336 g/mol. The highest BCUT2D eigenvalue weighted by Crippen LogP contribution is 2.41. The molecule has 0 saturated carbocycles. The topological polar surface area (TPSA) is 70.5 Å². The van der Waals surface area contributed by atoms with Crippen LogP contribution in [0.15, 0.2) is 54.1 Å². The number of aryl methyl sites for hydroxylation is 2. The molecule has 0 bridgehead atoms. The number of aromatic nitrogens is 1. The van der Waals surface area contributed by atoms with Crippen LogP contribution in [0.5, 0.6) is 0 Å². The maximum Gasteiger partial charge on any atom is 0.294 e. The van der Waals surface area contributed by atoms with Crippen LogP contribution >= 0.6 is 0 Å². The van der Waals surface area contributed by atoms with Crippen molar-refractivity contribution >= 4 is 17.4 Å². The van der Waals surface area contributed by atoms with E-state index in [4.69, 9.17) is 0 Å². The van der Waals surface area contributed by atoms with Crippen LogP contribution in [0.2, 0.25) is 0 Å². The van der Waals surface area contributed by atoms with Gasteiger partial charge in [-0.25, -0.2) is 0 Å². The van der Waals surface area contributed by atoms with Gasteiger partial charge in [0.1, 0.15) is 0 Å². The molecule has 2 heterocycles. The molecular formula is C20H20N2O3. The Hall–Kier alpha value is -2.95. The molecule has 5 heteroatoms. The molecule has 0 spiro atoms. The van der Waals surface area contributed by atoms with E-state index in [9.17, 15) is 14.7 Å². The molecule has 1 amide bonds. The number of anilines is 1. The van der Waals surface area contributed by atoms with Crippen molar-refractivity contribution in [3.05, 3.63) is 70.7 Å². The number of amides is 1. The van der Waals surface area contributed by atoms with Crippen LogP contribution in [0.1, 0.15) is 36.1 Å². The number of carbonyl (C=O) groups is 2. The standard InChI is InChI=1S/C20H20N2O3/c1-4-16(23)17-18(14-6-5-9-21-11-14)22(20(25)19(17)24)15-8-7-12(2)13(3)10-15/h5-11,18,24H,4H2,1-3H3. The number of pyridine rings is 1. The molecule has 1 aliphatic heterocycles. The SMILES string of the molecule is CCC(=O)C1=C(O)C(=O)N(c2ccc(C)c(C)c2)C1c1cccnc1. The van der Waals surface area contributed by atoms with Crippen molar-refractivity contribution in [1.82, 2.24) is 4.98 Å². The van der Waals surface area contributed by atoms with Crippen LogP contribution in [-0.2, 0) is 9.59 Å². The Morgan fingerprint density at radius 2 is 2.00 bits per heavy atom. The Morgan fingerprint density at radius 1 is 1.24 bits per heavy atom. The van der Waals surface area contributed by atoms with E-state index in [-0.39, 0.29) is 17.8 Å². The predicted octanol–water partition coefficient (Wildman–Crippen LogP) is 3.58. The van der Waals surface area contributed by atoms with E-state index in [2.05, 4.69) is 4.98 Å². The molecule has 25 heavy (non-hydrogen) atoms. The summed E-state index contributed by atoms with van der Waals surface area (Å²) in [5, 5.41) is 10.4. The smallest absolute Gasteiger partial charge is 0.294 e. The predicted molar refractivity (Wildman–Crippen MR) is 95.3 cm³/mol. The molecule has 1 aromatic carbocycles. The largest absolute Gasteiger partial charge is 0.503 e. The zero-order valence-corrected chi connectivity index (χ0v) is 14.5. The molecule has 0 radical (unpaired) electrons. The molecule has 1 N–H and O–H groups in total. The maximum absolute atomic E-state index is 12.8. The Kier molecular flexibility index (Phi) is 4.40. The van der Waals surface area contributed by atoms with E-state index >= 15 is 0 Å². The van der Waals surface area contributed by atoms with Gasteiger partial charge in [-0.2, -0.15) is 0 Å². The Labute approximate surface area is 146 Å². The van der Waals surface area contributed by atoms with Gasteiger partial charge in [-0.05, 0) is 48.7 Å². The third-order valence-electron chi connectivity index (χ3n) is 4.60. The maximum atomic E-state index is 12.8. The summed E-state index contributed by atoms with van der Waals surface area (Å²) in [4.78, 5) is 30.8. The van der Waals surface area contributed by atoms with Gasteiger partial charge in [-0.1, -0.05) is 19.1 Å². The van der Waals surface area contributed by atoms with Crippen LogP contribution in [0.3, 0.4) is 0 Å². The van der Waals surface area contributed by atoms with Crippen molar-refractivity contribution in [3.63, 3.8) is 0 Å². The van der Waals surface area contributed by atoms with Gasteiger partial charge < -0.3 is 5.11 Å². The number of hydrogen-bond acceptors (Lipinski definition) is 4. The molecule has 1 aromatic heterocycles. The van der Waals surface area contributed by atoms with Crippen molar-refractivity contribution in [2.24, 2.45) is 0 Å². The first-order chi connectivity index (χ1) is 12.0. The van der Waals surface area contributed by atoms with E-state index in [1.165, 1.54) is 4.90 Å². The number of benzene rings is 1.